The molecule has 0 radical (unpaired) electrons. The lowest BCUT2D eigenvalue weighted by Crippen LogP contribution is -2.42. The van der Waals surface area contributed by atoms with Gasteiger partial charge in [0.1, 0.15) is 5.38 Å². The van der Waals surface area contributed by atoms with Gasteiger partial charge in [-0.15, -0.1) is 11.6 Å². The summed E-state index contributed by atoms with van der Waals surface area (Å²) in [6, 6.07) is -0.509. The van der Waals surface area contributed by atoms with Gasteiger partial charge in [0.25, 0.3) is 0 Å². The molecule has 6 heteroatoms. The van der Waals surface area contributed by atoms with Gasteiger partial charge in [-0.2, -0.15) is 0 Å². The van der Waals surface area contributed by atoms with Gasteiger partial charge < -0.3 is 10.1 Å². The first kappa shape index (κ1) is 14.2. The van der Waals surface area contributed by atoms with Gasteiger partial charge in [-0.1, -0.05) is 0 Å². The van der Waals surface area contributed by atoms with E-state index in [1.807, 2.05) is 0 Å². The number of ether oxygens (including phenoxy) is 1. The second-order valence-electron chi connectivity index (χ2n) is 3.06. The minimum Gasteiger partial charge on any atom is -0.385 e. The second-order valence-corrected chi connectivity index (χ2v) is 3.72. The number of methoxy groups -OCH3 is 1. The van der Waals surface area contributed by atoms with Crippen LogP contribution in [0.2, 0.25) is 0 Å². The molecule has 1 atom stereocenters. The Morgan fingerprint density at radius 1 is 1.40 bits per heavy atom. The average Bonchev–Trinajstić information content (AvgIpc) is 2.17. The summed E-state index contributed by atoms with van der Waals surface area (Å²) in [5.74, 6) is -0.494. The monoisotopic (exact) mass is 236 g/mol. The van der Waals surface area contributed by atoms with Crippen molar-refractivity contribution in [3.05, 3.63) is 0 Å². The molecular formula is C9H17ClN2O3. The number of amides is 3. The molecule has 0 aromatic carbocycles. The van der Waals surface area contributed by atoms with Crippen LogP contribution in [-0.2, 0) is 9.53 Å². The number of alkyl halides is 1. The van der Waals surface area contributed by atoms with Crippen LogP contribution in [0.15, 0.2) is 0 Å². The summed E-state index contributed by atoms with van der Waals surface area (Å²) in [5, 5.41) is 3.96. The van der Waals surface area contributed by atoms with Crippen molar-refractivity contribution in [3.8, 4) is 0 Å². The summed E-state index contributed by atoms with van der Waals surface area (Å²) in [4.78, 5) is 22.0. The molecule has 0 saturated heterocycles. The quantitative estimate of drug-likeness (QED) is 0.531. The highest BCUT2D eigenvalue weighted by atomic mass is 35.5. The molecule has 0 spiro atoms. The van der Waals surface area contributed by atoms with E-state index in [0.29, 0.717) is 13.2 Å². The van der Waals surface area contributed by atoms with Crippen LogP contribution in [0.3, 0.4) is 0 Å². The smallest absolute Gasteiger partial charge is 0.321 e. The van der Waals surface area contributed by atoms with Crippen molar-refractivity contribution in [3.63, 3.8) is 0 Å². The van der Waals surface area contributed by atoms with E-state index in [2.05, 4.69) is 10.6 Å². The highest BCUT2D eigenvalue weighted by Crippen LogP contribution is 1.92. The molecule has 5 nitrogen and oxygen atoms in total. The van der Waals surface area contributed by atoms with Crippen LogP contribution in [-0.4, -0.2) is 37.6 Å². The number of urea groups is 1. The van der Waals surface area contributed by atoms with Gasteiger partial charge in [-0.25, -0.2) is 4.79 Å². The van der Waals surface area contributed by atoms with E-state index in [-0.39, 0.29) is 0 Å². The van der Waals surface area contributed by atoms with Crippen LogP contribution in [0.25, 0.3) is 0 Å². The van der Waals surface area contributed by atoms with Crippen molar-refractivity contribution in [2.24, 2.45) is 0 Å². The third-order valence-corrected chi connectivity index (χ3v) is 1.86. The molecule has 0 aliphatic heterocycles. The van der Waals surface area contributed by atoms with E-state index in [9.17, 15) is 9.59 Å². The standard InChI is InChI=1S/C9H17ClN2O3/c1-7(10)8(13)12-9(14)11-5-3-4-6-15-2/h7H,3-6H2,1-2H3,(H2,11,12,13,14). The molecular weight excluding hydrogens is 220 g/mol. The summed E-state index contributed by atoms with van der Waals surface area (Å²) in [7, 11) is 1.63. The number of imide groups is 1. The van der Waals surface area contributed by atoms with E-state index < -0.39 is 17.3 Å². The van der Waals surface area contributed by atoms with Crippen LogP contribution < -0.4 is 10.6 Å². The normalized spacial score (nSPS) is 11.9. The summed E-state index contributed by atoms with van der Waals surface area (Å²) < 4.78 is 4.84. The Hall–Kier alpha value is -0.810. The number of hydrogen-bond donors (Lipinski definition) is 2. The SMILES string of the molecule is COCCCCNC(=O)NC(=O)C(C)Cl. The van der Waals surface area contributed by atoms with Crippen LogP contribution in [0.1, 0.15) is 19.8 Å². The molecule has 88 valence electrons. The van der Waals surface area contributed by atoms with E-state index in [1.54, 1.807) is 7.11 Å². The minimum atomic E-state index is -0.704. The van der Waals surface area contributed by atoms with E-state index in [0.717, 1.165) is 12.8 Å². The first-order chi connectivity index (χ1) is 7.07. The largest absolute Gasteiger partial charge is 0.385 e. The van der Waals surface area contributed by atoms with Gasteiger partial charge in [-0.3, -0.25) is 10.1 Å². The highest BCUT2D eigenvalue weighted by Gasteiger charge is 2.11. The molecule has 0 saturated carbocycles. The van der Waals surface area contributed by atoms with Crippen LogP contribution in [0.5, 0.6) is 0 Å². The zero-order chi connectivity index (χ0) is 11.7. The fourth-order valence-corrected chi connectivity index (χ4v) is 0.883. The number of rotatable bonds is 6. The van der Waals surface area contributed by atoms with Crippen molar-refractivity contribution < 1.29 is 14.3 Å². The summed E-state index contributed by atoms with van der Waals surface area (Å²) in [5.41, 5.74) is 0. The maximum absolute atomic E-state index is 11.1. The summed E-state index contributed by atoms with van der Waals surface area (Å²) in [6.45, 7) is 2.68. The molecule has 3 amide bonds. The third-order valence-electron chi connectivity index (χ3n) is 1.66. The zero-order valence-electron chi connectivity index (χ0n) is 9.01. The third kappa shape index (κ3) is 8.20. The number of unbranched alkanes of at least 4 members (excludes halogenated alkanes) is 1. The van der Waals surface area contributed by atoms with Crippen LogP contribution >= 0.6 is 11.6 Å². The van der Waals surface area contributed by atoms with Gasteiger partial charge in [-0.05, 0) is 19.8 Å². The lowest BCUT2D eigenvalue weighted by atomic mass is 10.3. The number of halogens is 1. The van der Waals surface area contributed by atoms with Crippen molar-refractivity contribution >= 4 is 23.5 Å². The fourth-order valence-electron chi connectivity index (χ4n) is 0.829. The average molecular weight is 237 g/mol. The Morgan fingerprint density at radius 2 is 2.07 bits per heavy atom. The second kappa shape index (κ2) is 8.49. The van der Waals surface area contributed by atoms with E-state index in [4.69, 9.17) is 16.3 Å². The maximum Gasteiger partial charge on any atom is 0.321 e. The van der Waals surface area contributed by atoms with E-state index in [1.165, 1.54) is 6.92 Å². The lowest BCUT2D eigenvalue weighted by Gasteiger charge is -2.07. The number of nitrogens with one attached hydrogen (secondary N) is 2. The van der Waals surface area contributed by atoms with Gasteiger partial charge in [0.2, 0.25) is 5.91 Å². The predicted octanol–water partition coefficient (Wildman–Crippen LogP) is 0.866. The molecule has 15 heavy (non-hydrogen) atoms. The number of carbonyl (C=O) groups is 2. The Kier molecular flexibility index (Phi) is 8.04. The first-order valence-corrected chi connectivity index (χ1v) is 5.23. The Morgan fingerprint density at radius 3 is 2.60 bits per heavy atom. The highest BCUT2D eigenvalue weighted by molar-refractivity contribution is 6.31. The van der Waals surface area contributed by atoms with Crippen molar-refractivity contribution in [1.82, 2.24) is 10.6 Å². The summed E-state index contributed by atoms with van der Waals surface area (Å²) >= 11 is 5.47. The van der Waals surface area contributed by atoms with Crippen molar-refractivity contribution in [2.45, 2.75) is 25.1 Å². The van der Waals surface area contributed by atoms with Crippen LogP contribution in [0, 0.1) is 0 Å². The molecule has 0 aromatic heterocycles. The van der Waals surface area contributed by atoms with Crippen molar-refractivity contribution in [1.29, 1.82) is 0 Å². The Bertz CT molecular complexity index is 210. The first-order valence-electron chi connectivity index (χ1n) is 4.79. The number of carbonyl (C=O) groups excluding carboxylic acids is 2. The minimum absolute atomic E-state index is 0.494. The van der Waals surface area contributed by atoms with E-state index >= 15 is 0 Å². The van der Waals surface area contributed by atoms with Gasteiger partial charge in [0.15, 0.2) is 0 Å². The number of hydrogen-bond acceptors (Lipinski definition) is 3. The molecule has 0 aromatic rings. The molecule has 0 rings (SSSR count). The Labute approximate surface area is 94.5 Å². The van der Waals surface area contributed by atoms with Gasteiger partial charge in [0.05, 0.1) is 0 Å². The zero-order valence-corrected chi connectivity index (χ0v) is 9.76. The lowest BCUT2D eigenvalue weighted by molar-refractivity contribution is -0.119. The molecule has 0 bridgehead atoms. The summed E-state index contributed by atoms with van der Waals surface area (Å²) in [6.07, 6.45) is 1.68. The molecule has 1 unspecified atom stereocenters. The molecule has 0 heterocycles. The van der Waals surface area contributed by atoms with Gasteiger partial charge in [0, 0.05) is 20.3 Å². The fraction of sp³-hybridized carbons (Fsp3) is 0.778. The molecule has 2 N–H and O–H groups in total. The Balaban J connectivity index is 3.45. The maximum atomic E-state index is 11.1. The molecule has 0 fully saturated rings. The molecule has 0 aliphatic carbocycles. The van der Waals surface area contributed by atoms with Gasteiger partial charge >= 0.3 is 6.03 Å². The predicted molar refractivity (Wildman–Crippen MR) is 58.0 cm³/mol. The topological polar surface area (TPSA) is 67.4 Å². The van der Waals surface area contributed by atoms with Crippen molar-refractivity contribution in [2.75, 3.05) is 20.3 Å². The molecule has 0 aliphatic rings. The van der Waals surface area contributed by atoms with Crippen LogP contribution in [0.4, 0.5) is 4.79 Å².